The normalized spacial score (nSPS) is 20.6. The van der Waals surface area contributed by atoms with Crippen molar-refractivity contribution in [1.29, 1.82) is 0 Å². The third kappa shape index (κ3) is 3.28. The summed E-state index contributed by atoms with van der Waals surface area (Å²) in [5.41, 5.74) is 0. The molecule has 0 bridgehead atoms. The highest BCUT2D eigenvalue weighted by Crippen LogP contribution is 2.20. The molecule has 1 aliphatic heterocycles. The largest absolute Gasteiger partial charge is 0.313 e. The topological polar surface area (TPSA) is 58.2 Å². The van der Waals surface area contributed by atoms with Crippen LogP contribution in [-0.2, 0) is 10.0 Å². The molecule has 4 nitrogen and oxygen atoms in total. The van der Waals surface area contributed by atoms with Crippen LogP contribution in [0.1, 0.15) is 12.8 Å². The molecule has 1 heterocycles. The highest BCUT2D eigenvalue weighted by atomic mass is 79.9. The molecule has 0 spiro atoms. The number of benzene rings is 1. The summed E-state index contributed by atoms with van der Waals surface area (Å²) in [6.07, 6.45) is 2.14. The Morgan fingerprint density at radius 1 is 1.41 bits per heavy atom. The average molecular weight is 319 g/mol. The Morgan fingerprint density at radius 2 is 2.18 bits per heavy atom. The number of rotatable bonds is 4. The smallest absolute Gasteiger partial charge is 0.241 e. The second kappa shape index (κ2) is 5.48. The van der Waals surface area contributed by atoms with E-state index in [1.165, 1.54) is 0 Å². The zero-order valence-electron chi connectivity index (χ0n) is 9.32. The van der Waals surface area contributed by atoms with E-state index in [9.17, 15) is 8.42 Å². The van der Waals surface area contributed by atoms with Crippen molar-refractivity contribution in [3.63, 3.8) is 0 Å². The quantitative estimate of drug-likeness (QED) is 0.884. The molecular formula is C11H15BrN2O2S. The van der Waals surface area contributed by atoms with Gasteiger partial charge < -0.3 is 5.32 Å². The van der Waals surface area contributed by atoms with Gasteiger partial charge in [0.15, 0.2) is 0 Å². The molecule has 1 aromatic carbocycles. The summed E-state index contributed by atoms with van der Waals surface area (Å²) < 4.78 is 27.3. The molecule has 0 aromatic heterocycles. The van der Waals surface area contributed by atoms with Crippen molar-refractivity contribution in [2.45, 2.75) is 23.8 Å². The van der Waals surface area contributed by atoms with Crippen LogP contribution in [-0.4, -0.2) is 27.5 Å². The van der Waals surface area contributed by atoms with Gasteiger partial charge in [-0.25, -0.2) is 13.1 Å². The third-order valence-electron chi connectivity index (χ3n) is 2.81. The minimum absolute atomic E-state index is 0.257. The molecule has 17 heavy (non-hydrogen) atoms. The monoisotopic (exact) mass is 318 g/mol. The van der Waals surface area contributed by atoms with E-state index in [1.807, 2.05) is 0 Å². The Bertz CT molecular complexity index is 484. The molecule has 0 radical (unpaired) electrons. The molecule has 1 atom stereocenters. The lowest BCUT2D eigenvalue weighted by Gasteiger charge is -2.12. The van der Waals surface area contributed by atoms with Crippen LogP contribution in [0.5, 0.6) is 0 Å². The van der Waals surface area contributed by atoms with Gasteiger partial charge in [-0.05, 0) is 47.4 Å². The first-order valence-corrected chi connectivity index (χ1v) is 7.85. The maximum Gasteiger partial charge on any atom is 0.241 e. The van der Waals surface area contributed by atoms with Crippen molar-refractivity contribution < 1.29 is 8.42 Å². The van der Waals surface area contributed by atoms with Gasteiger partial charge in [0.25, 0.3) is 0 Å². The maximum absolute atomic E-state index is 12.0. The van der Waals surface area contributed by atoms with Crippen LogP contribution in [0.25, 0.3) is 0 Å². The molecule has 0 unspecified atom stereocenters. The van der Waals surface area contributed by atoms with E-state index in [0.29, 0.717) is 11.0 Å². The second-order valence-corrected chi connectivity index (χ2v) is 6.67. The van der Waals surface area contributed by atoms with Crippen LogP contribution in [0.2, 0.25) is 0 Å². The summed E-state index contributed by atoms with van der Waals surface area (Å²) in [5.74, 6) is 0. The highest BCUT2D eigenvalue weighted by Gasteiger charge is 2.20. The zero-order chi connectivity index (χ0) is 12.3. The van der Waals surface area contributed by atoms with Gasteiger partial charge in [-0.1, -0.05) is 12.1 Å². The van der Waals surface area contributed by atoms with Gasteiger partial charge in [-0.15, -0.1) is 0 Å². The Kier molecular flexibility index (Phi) is 4.19. The molecule has 0 saturated carbocycles. The summed E-state index contributed by atoms with van der Waals surface area (Å²) in [4.78, 5) is 0.290. The number of sulfonamides is 1. The minimum Gasteiger partial charge on any atom is -0.313 e. The molecule has 0 aliphatic carbocycles. The van der Waals surface area contributed by atoms with Crippen LogP contribution >= 0.6 is 15.9 Å². The van der Waals surface area contributed by atoms with Gasteiger partial charge in [-0.2, -0.15) is 0 Å². The lowest BCUT2D eigenvalue weighted by Crippen LogP contribution is -2.37. The van der Waals surface area contributed by atoms with Gasteiger partial charge in [0.1, 0.15) is 0 Å². The molecule has 1 aliphatic rings. The zero-order valence-corrected chi connectivity index (χ0v) is 11.7. The van der Waals surface area contributed by atoms with Crippen molar-refractivity contribution in [2.24, 2.45) is 0 Å². The Hall–Kier alpha value is -0.430. The number of hydrogen-bond donors (Lipinski definition) is 2. The lowest BCUT2D eigenvalue weighted by atomic mass is 10.2. The van der Waals surface area contributed by atoms with E-state index in [4.69, 9.17) is 0 Å². The average Bonchev–Trinajstić information content (AvgIpc) is 2.80. The van der Waals surface area contributed by atoms with Crippen molar-refractivity contribution in [3.05, 3.63) is 28.7 Å². The van der Waals surface area contributed by atoms with Crippen molar-refractivity contribution in [1.82, 2.24) is 10.0 Å². The Labute approximate surface area is 110 Å². The van der Waals surface area contributed by atoms with E-state index >= 15 is 0 Å². The van der Waals surface area contributed by atoms with Crippen molar-refractivity contribution in [2.75, 3.05) is 13.1 Å². The van der Waals surface area contributed by atoms with Crippen molar-refractivity contribution >= 4 is 26.0 Å². The predicted octanol–water partition coefficient (Wildman–Crippen LogP) is 1.48. The second-order valence-electron chi connectivity index (χ2n) is 4.08. The summed E-state index contributed by atoms with van der Waals surface area (Å²) >= 11 is 3.25. The van der Waals surface area contributed by atoms with Crippen LogP contribution in [0, 0.1) is 0 Å². The molecule has 2 N–H and O–H groups in total. The van der Waals surface area contributed by atoms with E-state index in [2.05, 4.69) is 26.0 Å². The molecular weight excluding hydrogens is 304 g/mol. The molecule has 6 heteroatoms. The molecule has 2 rings (SSSR count). The molecule has 94 valence electrons. The molecule has 1 fully saturated rings. The Balaban J connectivity index is 2.06. The van der Waals surface area contributed by atoms with Gasteiger partial charge in [0.2, 0.25) is 10.0 Å². The van der Waals surface area contributed by atoms with E-state index in [0.717, 1.165) is 19.4 Å². The van der Waals surface area contributed by atoms with Crippen LogP contribution < -0.4 is 10.0 Å². The van der Waals surface area contributed by atoms with Crippen LogP contribution in [0.4, 0.5) is 0 Å². The standard InChI is InChI=1S/C11H15BrN2O2S/c12-10-5-1-2-6-11(10)17(15,16)14-8-9-4-3-7-13-9/h1-2,5-6,9,13-14H,3-4,7-8H2/t9-/m1/s1. The number of halogens is 1. The summed E-state index contributed by atoms with van der Waals surface area (Å²) in [6.45, 7) is 1.42. The van der Waals surface area contributed by atoms with Gasteiger partial charge >= 0.3 is 0 Å². The summed E-state index contributed by atoms with van der Waals surface area (Å²) in [7, 11) is -3.42. The van der Waals surface area contributed by atoms with E-state index in [-0.39, 0.29) is 10.9 Å². The van der Waals surface area contributed by atoms with Gasteiger partial charge in [-0.3, -0.25) is 0 Å². The molecule has 1 saturated heterocycles. The number of hydrogen-bond acceptors (Lipinski definition) is 3. The number of nitrogens with one attached hydrogen (secondary N) is 2. The first-order chi connectivity index (χ1) is 8.09. The lowest BCUT2D eigenvalue weighted by molar-refractivity contribution is 0.551. The fraction of sp³-hybridized carbons (Fsp3) is 0.455. The van der Waals surface area contributed by atoms with E-state index < -0.39 is 10.0 Å². The van der Waals surface area contributed by atoms with Crippen molar-refractivity contribution in [3.8, 4) is 0 Å². The minimum atomic E-state index is -3.42. The van der Waals surface area contributed by atoms with E-state index in [1.54, 1.807) is 24.3 Å². The van der Waals surface area contributed by atoms with Crippen LogP contribution in [0.3, 0.4) is 0 Å². The molecule has 0 amide bonds. The fourth-order valence-corrected chi connectivity index (χ4v) is 3.96. The first-order valence-electron chi connectivity index (χ1n) is 5.57. The predicted molar refractivity (Wildman–Crippen MR) is 70.4 cm³/mol. The Morgan fingerprint density at radius 3 is 2.82 bits per heavy atom. The SMILES string of the molecule is O=S(=O)(NC[C@H]1CCCN1)c1ccccc1Br. The van der Waals surface area contributed by atoms with Crippen LogP contribution in [0.15, 0.2) is 33.6 Å². The fourth-order valence-electron chi connectivity index (χ4n) is 1.88. The van der Waals surface area contributed by atoms with Gasteiger partial charge in [0.05, 0.1) is 4.90 Å². The highest BCUT2D eigenvalue weighted by molar-refractivity contribution is 9.10. The maximum atomic E-state index is 12.0. The first kappa shape index (κ1) is 13.0. The van der Waals surface area contributed by atoms with Gasteiger partial charge in [0, 0.05) is 17.1 Å². The third-order valence-corrected chi connectivity index (χ3v) is 5.24. The molecule has 1 aromatic rings. The summed E-state index contributed by atoms with van der Waals surface area (Å²) in [5, 5.41) is 3.26. The summed E-state index contributed by atoms with van der Waals surface area (Å²) in [6, 6.07) is 7.08.